The normalized spacial score (nSPS) is 10.6. The summed E-state index contributed by atoms with van der Waals surface area (Å²) >= 11 is 0. The first-order valence-corrected chi connectivity index (χ1v) is 6.05. The molecule has 0 saturated heterocycles. The first kappa shape index (κ1) is 15.2. The molecule has 0 aliphatic rings. The maximum Gasteiger partial charge on any atom is 0.254 e. The van der Waals surface area contributed by atoms with E-state index in [9.17, 15) is 9.18 Å². The first-order chi connectivity index (χ1) is 8.83. The van der Waals surface area contributed by atoms with E-state index in [1.807, 2.05) is 20.8 Å². The largest absolute Gasteiger partial charge is 0.395 e. The number of rotatable bonds is 2. The van der Waals surface area contributed by atoms with E-state index in [4.69, 9.17) is 5.11 Å². The van der Waals surface area contributed by atoms with E-state index in [1.54, 1.807) is 0 Å². The van der Waals surface area contributed by atoms with Crippen LogP contribution in [0.25, 0.3) is 0 Å². The average molecular weight is 263 g/mol. The number of carbonyl (C=O) groups excluding carboxylic acids is 1. The van der Waals surface area contributed by atoms with E-state index in [-0.39, 0.29) is 12.2 Å². The van der Waals surface area contributed by atoms with Gasteiger partial charge in [-0.15, -0.1) is 0 Å². The number of nitrogens with one attached hydrogen (secondary N) is 1. The van der Waals surface area contributed by atoms with Crippen molar-refractivity contribution >= 4 is 5.91 Å². The molecule has 0 atom stereocenters. The Morgan fingerprint density at radius 1 is 1.42 bits per heavy atom. The fourth-order valence-electron chi connectivity index (χ4n) is 1.41. The van der Waals surface area contributed by atoms with Crippen LogP contribution < -0.4 is 5.32 Å². The highest BCUT2D eigenvalue weighted by atomic mass is 19.1. The van der Waals surface area contributed by atoms with E-state index >= 15 is 0 Å². The molecule has 0 bridgehead atoms. The Bertz CT molecular complexity index is 521. The lowest BCUT2D eigenvalue weighted by Crippen LogP contribution is -2.40. The predicted molar refractivity (Wildman–Crippen MR) is 72.2 cm³/mol. The number of benzene rings is 1. The van der Waals surface area contributed by atoms with Crippen molar-refractivity contribution in [3.8, 4) is 11.8 Å². The number of hydrogen-bond donors (Lipinski definition) is 2. The Kier molecular flexibility index (Phi) is 5.08. The minimum atomic E-state index is -0.575. The highest BCUT2D eigenvalue weighted by Gasteiger charge is 2.18. The summed E-state index contributed by atoms with van der Waals surface area (Å²) in [6.07, 6.45) is 0.348. The summed E-state index contributed by atoms with van der Waals surface area (Å²) < 4.78 is 13.6. The maximum atomic E-state index is 13.6. The number of hydrogen-bond acceptors (Lipinski definition) is 2. The molecule has 0 aromatic heterocycles. The third-order valence-corrected chi connectivity index (χ3v) is 2.17. The minimum Gasteiger partial charge on any atom is -0.395 e. The highest BCUT2D eigenvalue weighted by Crippen LogP contribution is 2.12. The molecule has 3 nitrogen and oxygen atoms in total. The first-order valence-electron chi connectivity index (χ1n) is 6.05. The Labute approximate surface area is 112 Å². The van der Waals surface area contributed by atoms with Crippen molar-refractivity contribution in [2.45, 2.75) is 32.7 Å². The van der Waals surface area contributed by atoms with Gasteiger partial charge in [-0.3, -0.25) is 4.79 Å². The molecule has 0 heterocycles. The van der Waals surface area contributed by atoms with Crippen molar-refractivity contribution in [3.05, 3.63) is 35.1 Å². The fourth-order valence-corrected chi connectivity index (χ4v) is 1.41. The summed E-state index contributed by atoms with van der Waals surface area (Å²) in [5.74, 6) is 4.47. The molecule has 0 aliphatic carbocycles. The minimum absolute atomic E-state index is 0.0223. The van der Waals surface area contributed by atoms with Crippen LogP contribution in [0.2, 0.25) is 0 Å². The molecule has 0 aliphatic heterocycles. The number of amides is 1. The van der Waals surface area contributed by atoms with Crippen LogP contribution in [0, 0.1) is 17.7 Å². The van der Waals surface area contributed by atoms with E-state index in [0.717, 1.165) is 0 Å². The topological polar surface area (TPSA) is 49.3 Å². The number of aliphatic hydroxyl groups excluding tert-OH is 1. The Hall–Kier alpha value is -1.86. The summed E-state index contributed by atoms with van der Waals surface area (Å²) in [4.78, 5) is 11.9. The van der Waals surface area contributed by atoms with Crippen molar-refractivity contribution in [2.75, 3.05) is 6.61 Å². The second-order valence-electron chi connectivity index (χ2n) is 5.17. The summed E-state index contributed by atoms with van der Waals surface area (Å²) in [5, 5.41) is 11.3. The lowest BCUT2D eigenvalue weighted by atomic mass is 10.1. The Morgan fingerprint density at radius 2 is 2.11 bits per heavy atom. The molecule has 0 unspecified atom stereocenters. The van der Waals surface area contributed by atoms with Gasteiger partial charge in [0, 0.05) is 17.5 Å². The van der Waals surface area contributed by atoms with Crippen molar-refractivity contribution in [1.82, 2.24) is 5.32 Å². The van der Waals surface area contributed by atoms with Crippen LogP contribution in [0.15, 0.2) is 18.2 Å². The molecular weight excluding hydrogens is 245 g/mol. The molecular formula is C15H18FNO2. The SMILES string of the molecule is CC(C)(C)NC(=O)c1cc(C#CCCO)ccc1F. The number of carbonyl (C=O) groups is 1. The van der Waals surface area contributed by atoms with Gasteiger partial charge < -0.3 is 10.4 Å². The molecule has 0 spiro atoms. The summed E-state index contributed by atoms with van der Waals surface area (Å²) in [5.41, 5.74) is 0.0990. The van der Waals surface area contributed by atoms with Crippen molar-refractivity contribution in [3.63, 3.8) is 0 Å². The molecule has 0 radical (unpaired) electrons. The molecule has 1 amide bonds. The monoisotopic (exact) mass is 263 g/mol. The second kappa shape index (κ2) is 6.35. The highest BCUT2D eigenvalue weighted by molar-refractivity contribution is 5.95. The summed E-state index contributed by atoms with van der Waals surface area (Å²) in [6.45, 7) is 5.46. The van der Waals surface area contributed by atoms with Gasteiger partial charge in [0.15, 0.2) is 0 Å². The Balaban J connectivity index is 2.98. The van der Waals surface area contributed by atoms with Crippen molar-refractivity contribution < 1.29 is 14.3 Å². The summed E-state index contributed by atoms with van der Waals surface area (Å²) in [6, 6.07) is 4.15. The van der Waals surface area contributed by atoms with Gasteiger partial charge in [-0.2, -0.15) is 0 Å². The van der Waals surface area contributed by atoms with Gasteiger partial charge in [-0.1, -0.05) is 11.8 Å². The van der Waals surface area contributed by atoms with Crippen LogP contribution in [0.5, 0.6) is 0 Å². The average Bonchev–Trinajstić information content (AvgIpc) is 2.29. The maximum absolute atomic E-state index is 13.6. The second-order valence-corrected chi connectivity index (χ2v) is 5.17. The third-order valence-electron chi connectivity index (χ3n) is 2.17. The zero-order chi connectivity index (χ0) is 14.5. The molecule has 1 aromatic carbocycles. The van der Waals surface area contributed by atoms with E-state index in [2.05, 4.69) is 17.2 Å². The molecule has 102 valence electrons. The van der Waals surface area contributed by atoms with E-state index in [1.165, 1.54) is 18.2 Å². The lowest BCUT2D eigenvalue weighted by Gasteiger charge is -2.20. The van der Waals surface area contributed by atoms with Crippen molar-refractivity contribution in [1.29, 1.82) is 0 Å². The number of aliphatic hydroxyl groups is 1. The quantitative estimate of drug-likeness (QED) is 0.803. The molecule has 2 N–H and O–H groups in total. The molecule has 1 rings (SSSR count). The standard InChI is InChI=1S/C15H18FNO2/c1-15(2,3)17-14(19)12-10-11(6-4-5-9-18)7-8-13(12)16/h7-8,10,18H,5,9H2,1-3H3,(H,17,19). The predicted octanol–water partition coefficient (Wildman–Crippen LogP) is 2.09. The van der Waals surface area contributed by atoms with Crippen LogP contribution in [-0.4, -0.2) is 23.2 Å². The molecule has 19 heavy (non-hydrogen) atoms. The van der Waals surface area contributed by atoms with Crippen LogP contribution in [0.3, 0.4) is 0 Å². The van der Waals surface area contributed by atoms with Gasteiger partial charge in [0.1, 0.15) is 5.82 Å². The zero-order valence-corrected chi connectivity index (χ0v) is 11.4. The van der Waals surface area contributed by atoms with Crippen LogP contribution >= 0.6 is 0 Å². The van der Waals surface area contributed by atoms with Gasteiger partial charge in [-0.05, 0) is 39.0 Å². The van der Waals surface area contributed by atoms with Gasteiger partial charge in [-0.25, -0.2) is 4.39 Å². The van der Waals surface area contributed by atoms with Crippen LogP contribution in [-0.2, 0) is 0 Å². The third kappa shape index (κ3) is 5.11. The van der Waals surface area contributed by atoms with Gasteiger partial charge in [0.2, 0.25) is 0 Å². The van der Waals surface area contributed by atoms with Gasteiger partial charge >= 0.3 is 0 Å². The Morgan fingerprint density at radius 3 is 2.68 bits per heavy atom. The molecule has 1 aromatic rings. The van der Waals surface area contributed by atoms with E-state index in [0.29, 0.717) is 12.0 Å². The van der Waals surface area contributed by atoms with Gasteiger partial charge in [0.25, 0.3) is 5.91 Å². The molecule has 0 saturated carbocycles. The fraction of sp³-hybridized carbons (Fsp3) is 0.400. The molecule has 4 heteroatoms. The van der Waals surface area contributed by atoms with Gasteiger partial charge in [0.05, 0.1) is 12.2 Å². The van der Waals surface area contributed by atoms with Crippen molar-refractivity contribution in [2.24, 2.45) is 0 Å². The zero-order valence-electron chi connectivity index (χ0n) is 11.4. The lowest BCUT2D eigenvalue weighted by molar-refractivity contribution is 0.0915. The molecule has 0 fully saturated rings. The van der Waals surface area contributed by atoms with Crippen LogP contribution in [0.4, 0.5) is 4.39 Å². The number of halogens is 1. The van der Waals surface area contributed by atoms with Crippen LogP contribution in [0.1, 0.15) is 43.1 Å². The summed E-state index contributed by atoms with van der Waals surface area (Å²) in [7, 11) is 0. The smallest absolute Gasteiger partial charge is 0.254 e. The van der Waals surface area contributed by atoms with E-state index < -0.39 is 17.3 Å².